The average molecular weight is 421 g/mol. The van der Waals surface area contributed by atoms with Gasteiger partial charge in [-0.25, -0.2) is 0 Å². The second kappa shape index (κ2) is 9.42. The molecule has 0 spiro atoms. The van der Waals surface area contributed by atoms with Crippen molar-refractivity contribution >= 4 is 38.8 Å². The lowest BCUT2D eigenvalue weighted by Gasteiger charge is -2.09. The molecule has 3 aromatic rings. The van der Waals surface area contributed by atoms with Crippen LogP contribution in [0.5, 0.6) is 11.5 Å². The summed E-state index contributed by atoms with van der Waals surface area (Å²) in [6.45, 7) is 0. The van der Waals surface area contributed by atoms with E-state index in [1.54, 1.807) is 32.4 Å². The number of nitrogens with two attached hydrogens (primary N) is 1. The number of aryl methyl sites for hydroxylation is 2. The van der Waals surface area contributed by atoms with Gasteiger partial charge in [-0.15, -0.1) is 20.4 Å². The van der Waals surface area contributed by atoms with Crippen molar-refractivity contribution in [3.05, 3.63) is 33.8 Å². The summed E-state index contributed by atoms with van der Waals surface area (Å²) in [4.78, 5) is 12.4. The zero-order valence-corrected chi connectivity index (χ0v) is 17.1. The Morgan fingerprint density at radius 2 is 1.82 bits per heavy atom. The molecule has 11 heteroatoms. The van der Waals surface area contributed by atoms with Crippen LogP contribution in [0.25, 0.3) is 0 Å². The molecular formula is C17H20N6O3S2. The SMILES string of the molecule is COc1ccc(OC)c(CC(=O)Nc2nnc(CCCc3nnc(N)s3)s2)c1. The number of anilines is 2. The quantitative estimate of drug-likeness (QED) is 0.540. The molecule has 0 saturated carbocycles. The molecule has 0 radical (unpaired) electrons. The number of hydrogen-bond acceptors (Lipinski definition) is 10. The number of amides is 1. The van der Waals surface area contributed by atoms with Crippen LogP contribution in [0, 0.1) is 0 Å². The lowest BCUT2D eigenvalue weighted by Crippen LogP contribution is -2.14. The molecule has 0 bridgehead atoms. The van der Waals surface area contributed by atoms with E-state index in [0.29, 0.717) is 21.8 Å². The zero-order chi connectivity index (χ0) is 19.9. The molecule has 1 amide bonds. The van der Waals surface area contributed by atoms with Crippen LogP contribution >= 0.6 is 22.7 Å². The summed E-state index contributed by atoms with van der Waals surface area (Å²) in [6.07, 6.45) is 2.54. The minimum Gasteiger partial charge on any atom is -0.497 e. The first kappa shape index (κ1) is 20.0. The van der Waals surface area contributed by atoms with E-state index in [-0.39, 0.29) is 12.3 Å². The molecule has 1 aromatic carbocycles. The number of ether oxygens (including phenoxy) is 2. The standard InChI is InChI=1S/C17H20N6O3S2/c1-25-11-6-7-12(26-2)10(8-11)9-13(24)19-17-23-21-15(28-17)5-3-4-14-20-22-16(18)27-14/h6-8H,3-5,9H2,1-2H3,(H2,18,22)(H,19,23,24). The molecule has 0 saturated heterocycles. The Kier molecular flexibility index (Phi) is 6.71. The molecule has 0 atom stereocenters. The van der Waals surface area contributed by atoms with Crippen LogP contribution in [-0.4, -0.2) is 40.5 Å². The number of nitrogens with one attached hydrogen (secondary N) is 1. The number of nitrogen functional groups attached to an aromatic ring is 1. The van der Waals surface area contributed by atoms with E-state index < -0.39 is 0 Å². The highest BCUT2D eigenvalue weighted by atomic mass is 32.1. The molecule has 3 N–H and O–H groups in total. The first-order valence-electron chi connectivity index (χ1n) is 8.48. The second-order valence-electron chi connectivity index (χ2n) is 5.79. The van der Waals surface area contributed by atoms with Gasteiger partial charge in [-0.3, -0.25) is 4.79 Å². The lowest BCUT2D eigenvalue weighted by atomic mass is 10.1. The molecule has 0 aliphatic rings. The number of rotatable bonds is 9. The minimum atomic E-state index is -0.196. The van der Waals surface area contributed by atoms with E-state index in [1.165, 1.54) is 22.7 Å². The van der Waals surface area contributed by atoms with Crippen molar-refractivity contribution in [2.75, 3.05) is 25.3 Å². The summed E-state index contributed by atoms with van der Waals surface area (Å²) in [7, 11) is 3.14. The van der Waals surface area contributed by atoms with Gasteiger partial charge in [-0.1, -0.05) is 22.7 Å². The predicted octanol–water partition coefficient (Wildman–Crippen LogP) is 2.35. The van der Waals surface area contributed by atoms with E-state index in [4.69, 9.17) is 15.2 Å². The highest BCUT2D eigenvalue weighted by Gasteiger charge is 2.13. The van der Waals surface area contributed by atoms with Gasteiger partial charge in [-0.05, 0) is 24.6 Å². The first-order chi connectivity index (χ1) is 13.6. The van der Waals surface area contributed by atoms with Gasteiger partial charge in [0.1, 0.15) is 21.5 Å². The average Bonchev–Trinajstić information content (AvgIpc) is 3.30. The number of carbonyl (C=O) groups excluding carboxylic acids is 1. The van der Waals surface area contributed by atoms with Crippen molar-refractivity contribution in [3.8, 4) is 11.5 Å². The topological polar surface area (TPSA) is 125 Å². The van der Waals surface area contributed by atoms with Gasteiger partial charge < -0.3 is 20.5 Å². The summed E-state index contributed by atoms with van der Waals surface area (Å²) in [5, 5.41) is 21.4. The fraction of sp³-hybridized carbons (Fsp3) is 0.353. The van der Waals surface area contributed by atoms with Gasteiger partial charge in [0.15, 0.2) is 0 Å². The van der Waals surface area contributed by atoms with Gasteiger partial charge in [0, 0.05) is 18.4 Å². The number of hydrogen-bond donors (Lipinski definition) is 2. The molecule has 28 heavy (non-hydrogen) atoms. The van der Waals surface area contributed by atoms with Gasteiger partial charge in [-0.2, -0.15) is 0 Å². The predicted molar refractivity (Wildman–Crippen MR) is 108 cm³/mol. The van der Waals surface area contributed by atoms with E-state index in [0.717, 1.165) is 34.8 Å². The van der Waals surface area contributed by atoms with E-state index in [1.807, 2.05) is 0 Å². The Balaban J connectivity index is 1.52. The van der Waals surface area contributed by atoms with Crippen molar-refractivity contribution in [3.63, 3.8) is 0 Å². The number of carbonyl (C=O) groups is 1. The smallest absolute Gasteiger partial charge is 0.230 e. The molecule has 148 valence electrons. The van der Waals surface area contributed by atoms with Crippen LogP contribution in [0.4, 0.5) is 10.3 Å². The Labute approximate surface area is 169 Å². The number of methoxy groups -OCH3 is 2. The van der Waals surface area contributed by atoms with Crippen molar-refractivity contribution in [2.45, 2.75) is 25.7 Å². The molecule has 2 heterocycles. The molecule has 0 unspecified atom stereocenters. The van der Waals surface area contributed by atoms with Crippen molar-refractivity contribution < 1.29 is 14.3 Å². The molecular weight excluding hydrogens is 400 g/mol. The molecule has 0 aliphatic carbocycles. The third kappa shape index (κ3) is 5.36. The maximum atomic E-state index is 12.4. The third-order valence-electron chi connectivity index (χ3n) is 3.82. The molecule has 3 rings (SSSR count). The van der Waals surface area contributed by atoms with Crippen molar-refractivity contribution in [1.82, 2.24) is 20.4 Å². The van der Waals surface area contributed by atoms with Crippen LogP contribution in [0.2, 0.25) is 0 Å². The fourth-order valence-corrected chi connectivity index (χ4v) is 3.97. The fourth-order valence-electron chi connectivity index (χ4n) is 2.52. The Morgan fingerprint density at radius 3 is 2.50 bits per heavy atom. The Bertz CT molecular complexity index is 943. The summed E-state index contributed by atoms with van der Waals surface area (Å²) in [5.41, 5.74) is 6.31. The maximum Gasteiger partial charge on any atom is 0.230 e. The maximum absolute atomic E-state index is 12.4. The summed E-state index contributed by atoms with van der Waals surface area (Å²) in [6, 6.07) is 5.34. The number of aromatic nitrogens is 4. The van der Waals surface area contributed by atoms with E-state index in [9.17, 15) is 4.79 Å². The Morgan fingerprint density at radius 1 is 1.07 bits per heavy atom. The lowest BCUT2D eigenvalue weighted by molar-refractivity contribution is -0.115. The van der Waals surface area contributed by atoms with Crippen LogP contribution < -0.4 is 20.5 Å². The normalized spacial score (nSPS) is 10.6. The van der Waals surface area contributed by atoms with Crippen LogP contribution in [0.15, 0.2) is 18.2 Å². The molecule has 0 aliphatic heterocycles. The van der Waals surface area contributed by atoms with Gasteiger partial charge >= 0.3 is 0 Å². The van der Waals surface area contributed by atoms with Crippen LogP contribution in [0.3, 0.4) is 0 Å². The first-order valence-corrected chi connectivity index (χ1v) is 10.1. The van der Waals surface area contributed by atoms with Crippen LogP contribution in [-0.2, 0) is 24.1 Å². The number of nitrogens with zero attached hydrogens (tertiary/aromatic N) is 4. The summed E-state index contributed by atoms with van der Waals surface area (Å²) < 4.78 is 10.5. The monoisotopic (exact) mass is 420 g/mol. The molecule has 9 nitrogen and oxygen atoms in total. The van der Waals surface area contributed by atoms with E-state index >= 15 is 0 Å². The number of benzene rings is 1. The van der Waals surface area contributed by atoms with E-state index in [2.05, 4.69) is 25.7 Å². The Hall–Kier alpha value is -2.79. The van der Waals surface area contributed by atoms with Gasteiger partial charge in [0.05, 0.1) is 20.6 Å². The van der Waals surface area contributed by atoms with Crippen LogP contribution in [0.1, 0.15) is 22.0 Å². The van der Waals surface area contributed by atoms with Gasteiger partial charge in [0.25, 0.3) is 0 Å². The minimum absolute atomic E-state index is 0.147. The highest BCUT2D eigenvalue weighted by molar-refractivity contribution is 7.15. The second-order valence-corrected chi connectivity index (χ2v) is 7.95. The molecule has 0 fully saturated rings. The van der Waals surface area contributed by atoms with Crippen molar-refractivity contribution in [1.29, 1.82) is 0 Å². The molecule has 2 aromatic heterocycles. The largest absolute Gasteiger partial charge is 0.497 e. The van der Waals surface area contributed by atoms with Crippen molar-refractivity contribution in [2.24, 2.45) is 0 Å². The summed E-state index contributed by atoms with van der Waals surface area (Å²) >= 11 is 2.75. The summed E-state index contributed by atoms with van der Waals surface area (Å²) in [5.74, 6) is 1.10. The zero-order valence-electron chi connectivity index (χ0n) is 15.5. The van der Waals surface area contributed by atoms with Gasteiger partial charge in [0.2, 0.25) is 16.2 Å². The third-order valence-corrected chi connectivity index (χ3v) is 5.53. The highest BCUT2D eigenvalue weighted by Crippen LogP contribution is 2.25.